The quantitative estimate of drug-likeness (QED) is 0.687. The van der Waals surface area contributed by atoms with Gasteiger partial charge in [-0.05, 0) is 44.9 Å². The Bertz CT molecular complexity index is 571. The van der Waals surface area contributed by atoms with Crippen molar-refractivity contribution in [3.63, 3.8) is 0 Å². The van der Waals surface area contributed by atoms with E-state index in [0.717, 1.165) is 25.7 Å². The lowest BCUT2D eigenvalue weighted by Crippen LogP contribution is -2.51. The Morgan fingerprint density at radius 1 is 1.26 bits per heavy atom. The SMILES string of the molecule is CCNC(=O)Nc1cccc(NC(=O)C2CCCCC2(C)N)c1. The Morgan fingerprint density at radius 3 is 2.61 bits per heavy atom. The monoisotopic (exact) mass is 318 g/mol. The van der Waals surface area contributed by atoms with Crippen LogP contribution in [0, 0.1) is 5.92 Å². The zero-order chi connectivity index (χ0) is 16.9. The number of hydrogen-bond acceptors (Lipinski definition) is 3. The number of anilines is 2. The van der Waals surface area contributed by atoms with Crippen LogP contribution in [-0.4, -0.2) is 24.0 Å². The average molecular weight is 318 g/mol. The fraction of sp³-hybridized carbons (Fsp3) is 0.529. The molecule has 2 unspecified atom stereocenters. The van der Waals surface area contributed by atoms with E-state index in [1.54, 1.807) is 24.3 Å². The van der Waals surface area contributed by atoms with Crippen LogP contribution in [0.4, 0.5) is 16.2 Å². The summed E-state index contributed by atoms with van der Waals surface area (Å²) in [6.45, 7) is 4.35. The van der Waals surface area contributed by atoms with Gasteiger partial charge in [-0.15, -0.1) is 0 Å². The molecule has 1 fully saturated rings. The van der Waals surface area contributed by atoms with Gasteiger partial charge < -0.3 is 21.7 Å². The highest BCUT2D eigenvalue weighted by Crippen LogP contribution is 2.32. The van der Waals surface area contributed by atoms with Crippen molar-refractivity contribution < 1.29 is 9.59 Å². The molecule has 1 saturated carbocycles. The van der Waals surface area contributed by atoms with Crippen LogP contribution >= 0.6 is 0 Å². The van der Waals surface area contributed by atoms with Crippen LogP contribution in [0.2, 0.25) is 0 Å². The summed E-state index contributed by atoms with van der Waals surface area (Å²) in [4.78, 5) is 24.1. The number of carbonyl (C=O) groups is 2. The predicted octanol–water partition coefficient (Wildman–Crippen LogP) is 2.67. The predicted molar refractivity (Wildman–Crippen MR) is 92.3 cm³/mol. The normalized spacial score (nSPS) is 23.9. The van der Waals surface area contributed by atoms with Crippen molar-refractivity contribution in [3.8, 4) is 0 Å². The number of benzene rings is 1. The second kappa shape index (κ2) is 7.46. The molecule has 0 saturated heterocycles. The first-order chi connectivity index (χ1) is 10.9. The Kier molecular flexibility index (Phi) is 5.60. The van der Waals surface area contributed by atoms with E-state index in [-0.39, 0.29) is 17.9 Å². The van der Waals surface area contributed by atoms with Crippen LogP contribution in [-0.2, 0) is 4.79 Å². The molecule has 1 aliphatic rings. The van der Waals surface area contributed by atoms with Crippen molar-refractivity contribution in [1.82, 2.24) is 5.32 Å². The Hall–Kier alpha value is -2.08. The molecule has 23 heavy (non-hydrogen) atoms. The smallest absolute Gasteiger partial charge is 0.319 e. The summed E-state index contributed by atoms with van der Waals surface area (Å²) in [5.74, 6) is -0.235. The molecule has 0 bridgehead atoms. The Morgan fingerprint density at radius 2 is 1.96 bits per heavy atom. The lowest BCUT2D eigenvalue weighted by Gasteiger charge is -2.37. The van der Waals surface area contributed by atoms with Crippen LogP contribution in [0.1, 0.15) is 39.5 Å². The molecule has 0 radical (unpaired) electrons. The van der Waals surface area contributed by atoms with Crippen molar-refractivity contribution in [2.45, 2.75) is 45.1 Å². The van der Waals surface area contributed by atoms with E-state index < -0.39 is 5.54 Å². The molecule has 1 aromatic rings. The molecule has 6 nitrogen and oxygen atoms in total. The van der Waals surface area contributed by atoms with Crippen LogP contribution in [0.15, 0.2) is 24.3 Å². The van der Waals surface area contributed by atoms with Crippen molar-refractivity contribution in [2.75, 3.05) is 17.2 Å². The van der Waals surface area contributed by atoms with Gasteiger partial charge in [-0.1, -0.05) is 18.9 Å². The van der Waals surface area contributed by atoms with Gasteiger partial charge in [0.2, 0.25) is 5.91 Å². The van der Waals surface area contributed by atoms with Crippen molar-refractivity contribution in [1.29, 1.82) is 0 Å². The van der Waals surface area contributed by atoms with Gasteiger partial charge >= 0.3 is 6.03 Å². The van der Waals surface area contributed by atoms with E-state index in [2.05, 4.69) is 16.0 Å². The van der Waals surface area contributed by atoms with Gasteiger partial charge in [0.1, 0.15) is 0 Å². The molecule has 5 N–H and O–H groups in total. The van der Waals surface area contributed by atoms with E-state index in [4.69, 9.17) is 5.73 Å². The van der Waals surface area contributed by atoms with E-state index in [9.17, 15) is 9.59 Å². The summed E-state index contributed by atoms with van der Waals surface area (Å²) in [7, 11) is 0. The third kappa shape index (κ3) is 4.69. The molecule has 3 amide bonds. The molecule has 0 aromatic heterocycles. The first-order valence-corrected chi connectivity index (χ1v) is 8.17. The molecule has 6 heteroatoms. The minimum absolute atomic E-state index is 0.0511. The lowest BCUT2D eigenvalue weighted by atomic mass is 9.74. The second-order valence-electron chi connectivity index (χ2n) is 6.36. The Balaban J connectivity index is 2.02. The first kappa shape index (κ1) is 17.3. The van der Waals surface area contributed by atoms with E-state index in [0.29, 0.717) is 17.9 Å². The maximum absolute atomic E-state index is 12.5. The largest absolute Gasteiger partial charge is 0.338 e. The van der Waals surface area contributed by atoms with Gasteiger partial charge in [0.25, 0.3) is 0 Å². The van der Waals surface area contributed by atoms with Gasteiger partial charge in [0.15, 0.2) is 0 Å². The van der Waals surface area contributed by atoms with Crippen LogP contribution < -0.4 is 21.7 Å². The summed E-state index contributed by atoms with van der Waals surface area (Å²) in [6.07, 6.45) is 3.78. The molecule has 126 valence electrons. The summed E-state index contributed by atoms with van der Waals surface area (Å²) < 4.78 is 0. The fourth-order valence-corrected chi connectivity index (χ4v) is 3.03. The molecule has 0 aliphatic heterocycles. The molecule has 1 aromatic carbocycles. The number of urea groups is 1. The van der Waals surface area contributed by atoms with Crippen LogP contribution in [0.3, 0.4) is 0 Å². The van der Waals surface area contributed by atoms with E-state index >= 15 is 0 Å². The standard InChI is InChI=1S/C17H26N4O2/c1-3-19-16(23)21-13-8-6-7-12(11-13)20-15(22)14-9-4-5-10-17(14,2)18/h6-8,11,14H,3-5,9-10,18H2,1-2H3,(H,20,22)(H2,19,21,23). The van der Waals surface area contributed by atoms with Crippen molar-refractivity contribution >= 4 is 23.3 Å². The summed E-state index contributed by atoms with van der Waals surface area (Å²) in [6, 6.07) is 6.84. The third-order valence-electron chi connectivity index (χ3n) is 4.30. The molecule has 0 heterocycles. The number of nitrogens with two attached hydrogens (primary N) is 1. The maximum atomic E-state index is 12.5. The van der Waals surface area contributed by atoms with E-state index in [1.165, 1.54) is 0 Å². The highest BCUT2D eigenvalue weighted by molar-refractivity contribution is 5.95. The molecular formula is C17H26N4O2. The number of hydrogen-bond donors (Lipinski definition) is 4. The summed E-state index contributed by atoms with van der Waals surface area (Å²) in [5, 5.41) is 8.31. The third-order valence-corrected chi connectivity index (χ3v) is 4.30. The topological polar surface area (TPSA) is 96.2 Å². The zero-order valence-electron chi connectivity index (χ0n) is 13.8. The minimum atomic E-state index is -0.459. The number of amides is 3. The lowest BCUT2D eigenvalue weighted by molar-refractivity contribution is -0.122. The molecular weight excluding hydrogens is 292 g/mol. The molecule has 1 aliphatic carbocycles. The molecule has 0 spiro atoms. The zero-order valence-corrected chi connectivity index (χ0v) is 13.8. The molecule has 2 rings (SSSR count). The minimum Gasteiger partial charge on any atom is -0.338 e. The van der Waals surface area contributed by atoms with Crippen LogP contribution in [0.25, 0.3) is 0 Å². The maximum Gasteiger partial charge on any atom is 0.319 e. The van der Waals surface area contributed by atoms with Gasteiger partial charge in [-0.3, -0.25) is 4.79 Å². The highest BCUT2D eigenvalue weighted by atomic mass is 16.2. The molecule has 2 atom stereocenters. The first-order valence-electron chi connectivity index (χ1n) is 8.17. The van der Waals surface area contributed by atoms with Crippen LogP contribution in [0.5, 0.6) is 0 Å². The van der Waals surface area contributed by atoms with Crippen molar-refractivity contribution in [2.24, 2.45) is 11.7 Å². The second-order valence-corrected chi connectivity index (χ2v) is 6.36. The average Bonchev–Trinajstić information content (AvgIpc) is 2.47. The fourth-order valence-electron chi connectivity index (χ4n) is 3.03. The van der Waals surface area contributed by atoms with Gasteiger partial charge in [-0.25, -0.2) is 4.79 Å². The van der Waals surface area contributed by atoms with Gasteiger partial charge in [0.05, 0.1) is 5.92 Å². The summed E-state index contributed by atoms with van der Waals surface area (Å²) >= 11 is 0. The number of rotatable bonds is 4. The van der Waals surface area contributed by atoms with Gasteiger partial charge in [-0.2, -0.15) is 0 Å². The summed E-state index contributed by atoms with van der Waals surface area (Å²) in [5.41, 5.74) is 7.11. The number of nitrogens with one attached hydrogen (secondary N) is 3. The Labute approximate surface area is 137 Å². The van der Waals surface area contributed by atoms with E-state index in [1.807, 2.05) is 13.8 Å². The highest BCUT2D eigenvalue weighted by Gasteiger charge is 2.37. The van der Waals surface area contributed by atoms with Crippen molar-refractivity contribution in [3.05, 3.63) is 24.3 Å². The van der Waals surface area contributed by atoms with Gasteiger partial charge in [0, 0.05) is 23.5 Å². The number of carbonyl (C=O) groups excluding carboxylic acids is 2.